The molecule has 1 aliphatic rings. The van der Waals surface area contributed by atoms with Gasteiger partial charge < -0.3 is 16.4 Å². The maximum absolute atomic E-state index is 13.5. The number of rotatable bonds is 6. The highest BCUT2D eigenvalue weighted by Gasteiger charge is 2.45. The molecule has 5 nitrogen and oxygen atoms in total. The third-order valence-electron chi connectivity index (χ3n) is 6.49. The van der Waals surface area contributed by atoms with E-state index < -0.39 is 34.6 Å². The second-order valence-corrected chi connectivity index (χ2v) is 9.84. The van der Waals surface area contributed by atoms with Gasteiger partial charge in [0.05, 0.1) is 5.56 Å². The van der Waals surface area contributed by atoms with Crippen molar-refractivity contribution in [3.8, 4) is 0 Å². The zero-order chi connectivity index (χ0) is 26.1. The van der Waals surface area contributed by atoms with E-state index in [-0.39, 0.29) is 19.4 Å². The first-order valence-corrected chi connectivity index (χ1v) is 11.6. The van der Waals surface area contributed by atoms with E-state index in [0.717, 1.165) is 28.8 Å². The zero-order valence-corrected chi connectivity index (χ0v) is 20.1. The van der Waals surface area contributed by atoms with Crippen LogP contribution in [0.3, 0.4) is 0 Å². The van der Waals surface area contributed by atoms with Gasteiger partial charge in [-0.1, -0.05) is 48.5 Å². The van der Waals surface area contributed by atoms with Crippen molar-refractivity contribution in [1.29, 1.82) is 0 Å². The van der Waals surface area contributed by atoms with E-state index in [1.807, 2.05) is 38.1 Å². The highest BCUT2D eigenvalue weighted by Crippen LogP contribution is 2.32. The minimum Gasteiger partial charge on any atom is -0.350 e. The third kappa shape index (κ3) is 5.44. The average molecular weight is 496 g/mol. The van der Waals surface area contributed by atoms with E-state index in [2.05, 4.69) is 10.6 Å². The summed E-state index contributed by atoms with van der Waals surface area (Å²) < 4.78 is 39.2. The number of nitrogens with two attached hydrogens (primary N) is 1. The van der Waals surface area contributed by atoms with E-state index in [9.17, 15) is 22.8 Å². The van der Waals surface area contributed by atoms with Crippen molar-refractivity contribution < 1.29 is 22.8 Å². The summed E-state index contributed by atoms with van der Waals surface area (Å²) in [6, 6.07) is 19.2. The van der Waals surface area contributed by atoms with Gasteiger partial charge in [0.2, 0.25) is 5.91 Å². The molecule has 8 heteroatoms. The van der Waals surface area contributed by atoms with Crippen LogP contribution in [-0.2, 0) is 35.9 Å². The molecule has 0 radical (unpaired) electrons. The molecule has 0 aliphatic heterocycles. The van der Waals surface area contributed by atoms with Gasteiger partial charge >= 0.3 is 6.18 Å². The number of halogens is 3. The topological polar surface area (TPSA) is 84.2 Å². The lowest BCUT2D eigenvalue weighted by molar-refractivity contribution is -0.137. The Morgan fingerprint density at radius 2 is 1.50 bits per heavy atom. The molecule has 0 heterocycles. The van der Waals surface area contributed by atoms with Gasteiger partial charge in [0, 0.05) is 30.5 Å². The summed E-state index contributed by atoms with van der Waals surface area (Å²) in [4.78, 5) is 26.7. The summed E-state index contributed by atoms with van der Waals surface area (Å²) in [7, 11) is 0. The molecule has 3 aromatic carbocycles. The lowest BCUT2D eigenvalue weighted by atomic mass is 9.92. The molecule has 3 aromatic rings. The van der Waals surface area contributed by atoms with Crippen molar-refractivity contribution in [2.75, 3.05) is 0 Å². The Kier molecular flexibility index (Phi) is 6.66. The van der Waals surface area contributed by atoms with Crippen molar-refractivity contribution in [2.24, 2.45) is 5.73 Å². The van der Waals surface area contributed by atoms with Crippen molar-refractivity contribution >= 4 is 11.8 Å². The minimum atomic E-state index is -4.48. The first-order valence-electron chi connectivity index (χ1n) is 11.6. The van der Waals surface area contributed by atoms with Crippen LogP contribution in [0.25, 0.3) is 0 Å². The highest BCUT2D eigenvalue weighted by atomic mass is 19.4. The normalized spacial score (nSPS) is 14.7. The molecule has 2 amide bonds. The quantitative estimate of drug-likeness (QED) is 0.471. The van der Waals surface area contributed by atoms with Gasteiger partial charge in [0.15, 0.2) is 0 Å². The molecule has 36 heavy (non-hydrogen) atoms. The molecule has 0 spiro atoms. The second-order valence-electron chi connectivity index (χ2n) is 9.84. The first-order chi connectivity index (χ1) is 16.9. The monoisotopic (exact) mass is 495 g/mol. The number of amides is 2. The summed E-state index contributed by atoms with van der Waals surface area (Å²) >= 11 is 0. The molecule has 4 N–H and O–H groups in total. The second kappa shape index (κ2) is 9.43. The van der Waals surface area contributed by atoms with Crippen LogP contribution in [0.15, 0.2) is 72.8 Å². The number of fused-ring (bicyclic) bond motifs is 1. The average Bonchev–Trinajstić information content (AvgIpc) is 3.21. The van der Waals surface area contributed by atoms with Crippen LogP contribution >= 0.6 is 0 Å². The summed E-state index contributed by atoms with van der Waals surface area (Å²) in [5, 5.41) is 5.67. The molecule has 188 valence electrons. The number of hydrogen-bond acceptors (Lipinski definition) is 3. The van der Waals surface area contributed by atoms with E-state index >= 15 is 0 Å². The van der Waals surface area contributed by atoms with E-state index in [0.29, 0.717) is 11.1 Å². The Morgan fingerprint density at radius 3 is 2.06 bits per heavy atom. The van der Waals surface area contributed by atoms with Crippen molar-refractivity contribution in [1.82, 2.24) is 10.6 Å². The van der Waals surface area contributed by atoms with Gasteiger partial charge in [-0.3, -0.25) is 9.59 Å². The lowest BCUT2D eigenvalue weighted by Gasteiger charge is -2.29. The van der Waals surface area contributed by atoms with E-state index in [1.54, 1.807) is 24.3 Å². The predicted octanol–water partition coefficient (Wildman–Crippen LogP) is 4.48. The molecule has 0 bridgehead atoms. The molecule has 0 fully saturated rings. The zero-order valence-electron chi connectivity index (χ0n) is 20.1. The van der Waals surface area contributed by atoms with Crippen molar-refractivity contribution in [3.63, 3.8) is 0 Å². The highest BCUT2D eigenvalue weighted by molar-refractivity contribution is 6.00. The standard InChI is InChI=1S/C28H28F3N3O2/c1-26(2,32)22-12-10-19(11-13-22)24(35)34-27(15-20-7-3-4-8-21(20)16-27)25(36)33-17-18-6-5-9-23(14-18)28(29,30)31/h3-14H,15-17,32H2,1-2H3,(H,33,36)(H,34,35). The molecule has 0 aromatic heterocycles. The largest absolute Gasteiger partial charge is 0.416 e. The summed E-state index contributed by atoms with van der Waals surface area (Å²) in [5.41, 5.74) is 6.94. The fourth-order valence-corrected chi connectivity index (χ4v) is 4.47. The molecule has 0 saturated carbocycles. The molecular weight excluding hydrogens is 467 g/mol. The molecule has 1 aliphatic carbocycles. The van der Waals surface area contributed by atoms with Gasteiger partial charge in [0.25, 0.3) is 5.91 Å². The number of carbonyl (C=O) groups excluding carboxylic acids is 2. The Morgan fingerprint density at radius 1 is 0.889 bits per heavy atom. The van der Waals surface area contributed by atoms with Crippen LogP contribution in [0.4, 0.5) is 13.2 Å². The maximum atomic E-state index is 13.5. The number of carbonyl (C=O) groups is 2. The predicted molar refractivity (Wildman–Crippen MR) is 131 cm³/mol. The Balaban J connectivity index is 1.55. The van der Waals surface area contributed by atoms with Crippen molar-refractivity contribution in [3.05, 3.63) is 106 Å². The minimum absolute atomic E-state index is 0.100. The van der Waals surface area contributed by atoms with Crippen LogP contribution in [0.1, 0.15) is 52.0 Å². The number of benzene rings is 3. The SMILES string of the molecule is CC(C)(N)c1ccc(C(=O)NC2(C(=O)NCc3cccc(C(F)(F)F)c3)Cc3ccccc3C2)cc1. The van der Waals surface area contributed by atoms with Crippen LogP contribution in [-0.4, -0.2) is 17.4 Å². The number of hydrogen-bond donors (Lipinski definition) is 3. The Hall–Kier alpha value is -3.65. The molecule has 0 atom stereocenters. The summed E-state index contributed by atoms with van der Waals surface area (Å²) in [6.07, 6.45) is -3.93. The number of nitrogens with one attached hydrogen (secondary N) is 2. The third-order valence-corrected chi connectivity index (χ3v) is 6.49. The van der Waals surface area contributed by atoms with Gasteiger partial charge in [-0.25, -0.2) is 0 Å². The van der Waals surface area contributed by atoms with Gasteiger partial charge in [-0.05, 0) is 60.4 Å². The van der Waals surface area contributed by atoms with Gasteiger partial charge in [-0.2, -0.15) is 13.2 Å². The molecule has 0 saturated heterocycles. The maximum Gasteiger partial charge on any atom is 0.416 e. The summed E-state index contributed by atoms with van der Waals surface area (Å²) in [6.45, 7) is 3.63. The van der Waals surface area contributed by atoms with Crippen molar-refractivity contribution in [2.45, 2.75) is 50.5 Å². The fourth-order valence-electron chi connectivity index (χ4n) is 4.47. The van der Waals surface area contributed by atoms with Crippen LogP contribution in [0, 0.1) is 0 Å². The fraction of sp³-hybridized carbons (Fsp3) is 0.286. The molecular formula is C28H28F3N3O2. The lowest BCUT2D eigenvalue weighted by Crippen LogP contribution is -2.59. The number of alkyl halides is 3. The van der Waals surface area contributed by atoms with Crippen LogP contribution in [0.5, 0.6) is 0 Å². The van der Waals surface area contributed by atoms with E-state index in [1.165, 1.54) is 12.1 Å². The molecule has 0 unspecified atom stereocenters. The van der Waals surface area contributed by atoms with E-state index in [4.69, 9.17) is 5.73 Å². The van der Waals surface area contributed by atoms with Crippen LogP contribution in [0.2, 0.25) is 0 Å². The molecule has 4 rings (SSSR count). The Bertz CT molecular complexity index is 1250. The van der Waals surface area contributed by atoms with Gasteiger partial charge in [-0.15, -0.1) is 0 Å². The Labute approximate surface area is 207 Å². The first kappa shape index (κ1) is 25.4. The van der Waals surface area contributed by atoms with Gasteiger partial charge in [0.1, 0.15) is 5.54 Å². The smallest absolute Gasteiger partial charge is 0.350 e. The van der Waals surface area contributed by atoms with Crippen LogP contribution < -0.4 is 16.4 Å². The summed E-state index contributed by atoms with van der Waals surface area (Å²) in [5.74, 6) is -0.873.